The van der Waals surface area contributed by atoms with Crippen molar-refractivity contribution in [3.05, 3.63) is 65.9 Å². The molecular formula is C23H27N3O4S2. The molecule has 9 heteroatoms. The number of thiazole rings is 1. The molecule has 32 heavy (non-hydrogen) atoms. The number of rotatable bonds is 10. The quantitative estimate of drug-likeness (QED) is 0.431. The van der Waals surface area contributed by atoms with E-state index in [0.29, 0.717) is 12.3 Å². The number of anilines is 1. The molecule has 0 spiro atoms. The number of hydrogen-bond donors (Lipinski definition) is 2. The van der Waals surface area contributed by atoms with Gasteiger partial charge in [0.25, 0.3) is 10.0 Å². The van der Waals surface area contributed by atoms with Gasteiger partial charge in [-0.05, 0) is 37.5 Å². The molecule has 2 aromatic carbocycles. The summed E-state index contributed by atoms with van der Waals surface area (Å²) >= 11 is 0.937. The van der Waals surface area contributed by atoms with E-state index >= 15 is 0 Å². The Hall–Kier alpha value is -2.59. The van der Waals surface area contributed by atoms with Gasteiger partial charge in [0.2, 0.25) is 5.91 Å². The summed E-state index contributed by atoms with van der Waals surface area (Å²) in [7, 11) is -3.72. The number of carbonyl (C=O) groups excluding carboxylic acids is 1. The lowest BCUT2D eigenvalue weighted by Gasteiger charge is -2.12. The number of hydrogen-bond acceptors (Lipinski definition) is 6. The van der Waals surface area contributed by atoms with Crippen LogP contribution >= 0.6 is 11.3 Å². The first-order valence-corrected chi connectivity index (χ1v) is 12.6. The predicted molar refractivity (Wildman–Crippen MR) is 127 cm³/mol. The first-order chi connectivity index (χ1) is 15.3. The molecule has 3 rings (SSSR count). The van der Waals surface area contributed by atoms with Gasteiger partial charge < -0.3 is 10.1 Å². The molecule has 0 aliphatic carbocycles. The number of sulfonamides is 1. The fourth-order valence-electron chi connectivity index (χ4n) is 3.10. The zero-order valence-electron chi connectivity index (χ0n) is 18.3. The third-order valence-corrected chi connectivity index (χ3v) is 8.03. The van der Waals surface area contributed by atoms with E-state index in [-0.39, 0.29) is 28.4 Å². The Kier molecular flexibility index (Phi) is 8.14. The predicted octanol–water partition coefficient (Wildman–Crippen LogP) is 4.18. The average molecular weight is 474 g/mol. The van der Waals surface area contributed by atoms with Gasteiger partial charge in [-0.1, -0.05) is 65.9 Å². The fraction of sp³-hybridized carbons (Fsp3) is 0.304. The van der Waals surface area contributed by atoms with Crippen molar-refractivity contribution in [1.82, 2.24) is 9.71 Å². The molecule has 2 N–H and O–H groups in total. The van der Waals surface area contributed by atoms with Crippen LogP contribution in [0.15, 0.2) is 58.8 Å². The average Bonchev–Trinajstić information content (AvgIpc) is 3.17. The zero-order chi connectivity index (χ0) is 23.1. The maximum Gasteiger partial charge on any atom is 0.252 e. The van der Waals surface area contributed by atoms with Crippen LogP contribution in [0.2, 0.25) is 0 Å². The third kappa shape index (κ3) is 6.01. The number of carbonyl (C=O) groups is 1. The van der Waals surface area contributed by atoms with E-state index in [4.69, 9.17) is 4.74 Å². The molecule has 3 aromatic rings. The minimum Gasteiger partial charge on any atom is -0.380 e. The van der Waals surface area contributed by atoms with Crippen molar-refractivity contribution < 1.29 is 17.9 Å². The Bertz CT molecular complexity index is 1140. The Balaban J connectivity index is 1.66. The molecular weight excluding hydrogens is 446 g/mol. The minimum atomic E-state index is -3.72. The van der Waals surface area contributed by atoms with E-state index in [2.05, 4.69) is 15.0 Å². The molecule has 0 bridgehead atoms. The van der Waals surface area contributed by atoms with E-state index in [9.17, 15) is 13.2 Å². The molecule has 170 valence electrons. The summed E-state index contributed by atoms with van der Waals surface area (Å²) in [6.45, 7) is 6.23. The molecule has 1 aromatic heterocycles. The highest BCUT2D eigenvalue weighted by molar-refractivity contribution is 7.91. The van der Waals surface area contributed by atoms with Crippen LogP contribution in [-0.4, -0.2) is 39.1 Å². The Morgan fingerprint density at radius 2 is 1.75 bits per heavy atom. The number of aromatic nitrogens is 1. The second kappa shape index (κ2) is 10.8. The zero-order valence-corrected chi connectivity index (χ0v) is 19.9. The van der Waals surface area contributed by atoms with Crippen LogP contribution in [0.5, 0.6) is 0 Å². The molecule has 0 saturated carbocycles. The van der Waals surface area contributed by atoms with E-state index < -0.39 is 15.9 Å². The van der Waals surface area contributed by atoms with E-state index in [1.54, 1.807) is 13.8 Å². The van der Waals surface area contributed by atoms with Crippen LogP contribution in [0, 0.1) is 6.92 Å². The van der Waals surface area contributed by atoms with Gasteiger partial charge in [-0.15, -0.1) is 0 Å². The maximum absolute atomic E-state index is 12.8. The summed E-state index contributed by atoms with van der Waals surface area (Å²) in [5, 5.41) is 3.00. The largest absolute Gasteiger partial charge is 0.380 e. The molecule has 0 aliphatic rings. The van der Waals surface area contributed by atoms with Crippen LogP contribution in [0.1, 0.15) is 31.0 Å². The molecule has 1 unspecified atom stereocenters. The molecule has 0 aliphatic heterocycles. The van der Waals surface area contributed by atoms with Gasteiger partial charge in [-0.25, -0.2) is 18.1 Å². The first kappa shape index (κ1) is 24.1. The van der Waals surface area contributed by atoms with Crippen LogP contribution in [0.3, 0.4) is 0 Å². The molecule has 7 nitrogen and oxygen atoms in total. The molecule has 1 heterocycles. The normalized spacial score (nSPS) is 12.5. The monoisotopic (exact) mass is 473 g/mol. The van der Waals surface area contributed by atoms with Crippen molar-refractivity contribution in [1.29, 1.82) is 0 Å². The summed E-state index contributed by atoms with van der Waals surface area (Å²) < 4.78 is 32.8. The van der Waals surface area contributed by atoms with Gasteiger partial charge in [0, 0.05) is 13.2 Å². The van der Waals surface area contributed by atoms with Gasteiger partial charge in [0.05, 0.1) is 18.2 Å². The number of benzene rings is 2. The number of amides is 1. The first-order valence-electron chi connectivity index (χ1n) is 10.3. The minimum absolute atomic E-state index is 0.0872. The van der Waals surface area contributed by atoms with Crippen molar-refractivity contribution >= 4 is 32.4 Å². The lowest BCUT2D eigenvalue weighted by Crippen LogP contribution is -2.27. The Labute approximate surface area is 192 Å². The third-order valence-electron chi connectivity index (χ3n) is 4.88. The Morgan fingerprint density at radius 3 is 2.41 bits per heavy atom. The highest BCUT2D eigenvalue weighted by Crippen LogP contribution is 2.29. The summed E-state index contributed by atoms with van der Waals surface area (Å²) in [4.78, 5) is 17.0. The number of nitrogens with zero attached hydrogens (tertiary/aromatic N) is 1. The van der Waals surface area contributed by atoms with E-state index in [0.717, 1.165) is 28.0 Å². The van der Waals surface area contributed by atoms with Crippen molar-refractivity contribution in [3.63, 3.8) is 0 Å². The molecule has 1 amide bonds. The number of aryl methyl sites for hydroxylation is 1. The van der Waals surface area contributed by atoms with Crippen molar-refractivity contribution in [2.24, 2.45) is 0 Å². The van der Waals surface area contributed by atoms with Gasteiger partial charge in [0.15, 0.2) is 9.34 Å². The molecule has 0 radical (unpaired) electrons. The summed E-state index contributed by atoms with van der Waals surface area (Å²) in [5.74, 6) is -0.673. The lowest BCUT2D eigenvalue weighted by atomic mass is 9.97. The summed E-state index contributed by atoms with van der Waals surface area (Å²) in [6.07, 6.45) is 0. The van der Waals surface area contributed by atoms with Crippen LogP contribution < -0.4 is 10.0 Å². The van der Waals surface area contributed by atoms with Crippen LogP contribution in [0.25, 0.3) is 11.1 Å². The molecule has 0 fully saturated rings. The Morgan fingerprint density at radius 1 is 1.09 bits per heavy atom. The number of nitrogens with one attached hydrogen (secondary N) is 2. The fourth-order valence-corrected chi connectivity index (χ4v) is 5.58. The van der Waals surface area contributed by atoms with Gasteiger partial charge in [-0.2, -0.15) is 0 Å². The highest BCUT2D eigenvalue weighted by Gasteiger charge is 2.23. The molecule has 0 saturated heterocycles. The number of ether oxygens (including phenoxy) is 1. The van der Waals surface area contributed by atoms with Crippen molar-refractivity contribution in [2.75, 3.05) is 25.1 Å². The van der Waals surface area contributed by atoms with Gasteiger partial charge >= 0.3 is 0 Å². The SMILES string of the molecule is CCOCCNS(=O)(=O)c1sc(NC(=O)C(C)c2ccc(-c3ccccc3)cc2)nc1C. The summed E-state index contributed by atoms with van der Waals surface area (Å²) in [5.41, 5.74) is 3.39. The summed E-state index contributed by atoms with van der Waals surface area (Å²) in [6, 6.07) is 17.8. The standard InChI is InChI=1S/C23H27N3O4S2/c1-4-30-15-14-24-32(28,29)22-17(3)25-23(31-22)26-21(27)16(2)18-10-12-20(13-11-18)19-8-6-5-7-9-19/h5-13,16,24H,4,14-15H2,1-3H3,(H,25,26,27). The van der Waals surface area contributed by atoms with Gasteiger partial charge in [0.1, 0.15) is 0 Å². The highest BCUT2D eigenvalue weighted by atomic mass is 32.2. The van der Waals surface area contributed by atoms with Gasteiger partial charge in [-0.3, -0.25) is 4.79 Å². The van der Waals surface area contributed by atoms with Crippen LogP contribution in [-0.2, 0) is 19.6 Å². The van der Waals surface area contributed by atoms with Crippen LogP contribution in [0.4, 0.5) is 5.13 Å². The smallest absolute Gasteiger partial charge is 0.252 e. The second-order valence-electron chi connectivity index (χ2n) is 7.19. The maximum atomic E-state index is 12.8. The molecule has 1 atom stereocenters. The second-order valence-corrected chi connectivity index (χ2v) is 10.1. The van der Waals surface area contributed by atoms with E-state index in [1.165, 1.54) is 0 Å². The van der Waals surface area contributed by atoms with Crippen molar-refractivity contribution in [2.45, 2.75) is 30.9 Å². The lowest BCUT2D eigenvalue weighted by molar-refractivity contribution is -0.117. The van der Waals surface area contributed by atoms with Crippen molar-refractivity contribution in [3.8, 4) is 11.1 Å². The topological polar surface area (TPSA) is 97.4 Å². The van der Waals surface area contributed by atoms with E-state index in [1.807, 2.05) is 61.5 Å².